The third-order valence-corrected chi connectivity index (χ3v) is 5.98. The molecule has 1 unspecified atom stereocenters. The van der Waals surface area contributed by atoms with E-state index in [0.29, 0.717) is 10.2 Å². The summed E-state index contributed by atoms with van der Waals surface area (Å²) in [5.41, 5.74) is 1.07. The number of alkyl halides is 1. The maximum Gasteiger partial charge on any atom is 0.243 e. The summed E-state index contributed by atoms with van der Waals surface area (Å²) in [5.74, 6) is 0. The average Bonchev–Trinajstić information content (AvgIpc) is 3.04. The first-order valence-corrected chi connectivity index (χ1v) is 8.74. The summed E-state index contributed by atoms with van der Waals surface area (Å²) in [6.07, 6.45) is 1.94. The van der Waals surface area contributed by atoms with Crippen molar-refractivity contribution in [2.45, 2.75) is 43.7 Å². The fourth-order valence-corrected chi connectivity index (χ4v) is 5.06. The maximum atomic E-state index is 12.5. The molecule has 0 N–H and O–H groups in total. The second-order valence-corrected chi connectivity index (χ2v) is 7.22. The van der Waals surface area contributed by atoms with Crippen LogP contribution in [-0.4, -0.2) is 30.1 Å². The normalized spacial score (nSPS) is 27.2. The van der Waals surface area contributed by atoms with Crippen LogP contribution in [0.5, 0.6) is 0 Å². The van der Waals surface area contributed by atoms with Crippen molar-refractivity contribution in [1.29, 1.82) is 0 Å². The highest BCUT2D eigenvalue weighted by Crippen LogP contribution is 2.39. The van der Waals surface area contributed by atoms with Crippen molar-refractivity contribution < 1.29 is 8.42 Å². The van der Waals surface area contributed by atoms with Gasteiger partial charge in [0.05, 0.1) is 10.9 Å². The molecule has 1 aliphatic rings. The number of aryl methyl sites for hydroxylation is 1. The molecule has 0 aliphatic carbocycles. The number of rotatable bonds is 5. The zero-order valence-electron chi connectivity index (χ0n) is 10.6. The van der Waals surface area contributed by atoms with Crippen molar-refractivity contribution in [3.05, 3.63) is 29.8 Å². The van der Waals surface area contributed by atoms with E-state index in [9.17, 15) is 8.42 Å². The number of nitrogens with zero attached hydrogens (tertiary/aromatic N) is 1. The number of halogens is 1. The quantitative estimate of drug-likeness (QED) is 0.614. The fourth-order valence-electron chi connectivity index (χ4n) is 2.28. The number of sulfonamides is 1. The van der Waals surface area contributed by atoms with Crippen molar-refractivity contribution in [3.63, 3.8) is 0 Å². The van der Waals surface area contributed by atoms with E-state index in [1.54, 1.807) is 16.4 Å². The van der Waals surface area contributed by atoms with Crippen molar-refractivity contribution >= 4 is 26.0 Å². The topological polar surface area (TPSA) is 37.1 Å². The summed E-state index contributed by atoms with van der Waals surface area (Å²) in [6, 6.07) is 7.36. The van der Waals surface area contributed by atoms with Gasteiger partial charge in [0.15, 0.2) is 0 Å². The summed E-state index contributed by atoms with van der Waals surface area (Å²) in [4.78, 5) is 0.401. The molecular formula is C13H18BrNO2S. The maximum absolute atomic E-state index is 12.5. The Balaban J connectivity index is 2.24. The molecule has 3 nitrogen and oxygen atoms in total. The van der Waals surface area contributed by atoms with Gasteiger partial charge in [-0.1, -0.05) is 47.0 Å². The summed E-state index contributed by atoms with van der Waals surface area (Å²) in [7, 11) is -3.31. The van der Waals surface area contributed by atoms with Crippen LogP contribution in [0.3, 0.4) is 0 Å². The van der Waals surface area contributed by atoms with Crippen molar-refractivity contribution in [3.8, 4) is 0 Å². The minimum absolute atomic E-state index is 0.122. The van der Waals surface area contributed by atoms with Crippen LogP contribution in [-0.2, 0) is 10.0 Å². The number of hydrogen-bond acceptors (Lipinski definition) is 2. The van der Waals surface area contributed by atoms with Crippen LogP contribution in [0.25, 0.3) is 0 Å². The lowest BCUT2D eigenvalue weighted by Gasteiger charge is -2.06. The highest BCUT2D eigenvalue weighted by atomic mass is 79.9. The molecule has 1 fully saturated rings. The van der Waals surface area contributed by atoms with E-state index in [0.717, 1.165) is 18.4 Å². The first kappa shape index (κ1) is 14.0. The van der Waals surface area contributed by atoms with Crippen molar-refractivity contribution in [1.82, 2.24) is 4.31 Å². The van der Waals surface area contributed by atoms with Gasteiger partial charge in [0, 0.05) is 11.4 Å². The molecule has 0 saturated carbocycles. The molecule has 1 aliphatic heterocycles. The van der Waals surface area contributed by atoms with Gasteiger partial charge in [-0.25, -0.2) is 8.42 Å². The average molecular weight is 332 g/mol. The zero-order valence-corrected chi connectivity index (χ0v) is 13.0. The molecule has 0 amide bonds. The van der Waals surface area contributed by atoms with Crippen LogP contribution < -0.4 is 0 Å². The Bertz CT molecular complexity index is 512. The number of hydrogen-bond donors (Lipinski definition) is 0. The van der Waals surface area contributed by atoms with Crippen LogP contribution in [0.1, 0.15) is 25.3 Å². The van der Waals surface area contributed by atoms with E-state index in [1.165, 1.54) is 0 Å². The van der Waals surface area contributed by atoms with E-state index in [1.807, 2.05) is 19.1 Å². The van der Waals surface area contributed by atoms with Crippen molar-refractivity contribution in [2.24, 2.45) is 0 Å². The summed E-state index contributed by atoms with van der Waals surface area (Å²) in [5, 5.41) is 0.711. The Morgan fingerprint density at radius 1 is 1.22 bits per heavy atom. The molecule has 0 bridgehead atoms. The summed E-state index contributed by atoms with van der Waals surface area (Å²) >= 11 is 3.40. The standard InChI is InChI=1S/C13H18BrNO2S/c1-3-4-12-13(9-14)15(12)18(16,17)11-7-5-10(2)6-8-11/h5-8,12-13H,3-4,9H2,1-2H3/t12-,13+,15?/m0/s1. The largest absolute Gasteiger partial charge is 0.243 e. The van der Waals surface area contributed by atoms with Gasteiger partial charge in [-0.05, 0) is 25.5 Å². The van der Waals surface area contributed by atoms with Gasteiger partial charge in [0.25, 0.3) is 0 Å². The molecule has 18 heavy (non-hydrogen) atoms. The molecule has 2 rings (SSSR count). The number of benzene rings is 1. The Hall–Kier alpha value is -0.390. The molecule has 100 valence electrons. The Morgan fingerprint density at radius 2 is 1.83 bits per heavy atom. The molecule has 0 aromatic heterocycles. The summed E-state index contributed by atoms with van der Waals surface area (Å²) in [6.45, 7) is 4.04. The lowest BCUT2D eigenvalue weighted by Crippen LogP contribution is -2.16. The smallest absolute Gasteiger partial charge is 0.207 e. The predicted octanol–water partition coefficient (Wildman–Crippen LogP) is 2.93. The Labute approximate surface area is 117 Å². The molecule has 1 saturated heterocycles. The molecule has 0 spiro atoms. The second kappa shape index (κ2) is 5.31. The van der Waals surface area contributed by atoms with E-state index < -0.39 is 10.0 Å². The van der Waals surface area contributed by atoms with Crippen LogP contribution >= 0.6 is 15.9 Å². The van der Waals surface area contributed by atoms with E-state index >= 15 is 0 Å². The molecule has 1 aromatic rings. The van der Waals surface area contributed by atoms with E-state index in [2.05, 4.69) is 22.9 Å². The third kappa shape index (κ3) is 2.49. The van der Waals surface area contributed by atoms with Gasteiger partial charge in [-0.3, -0.25) is 0 Å². The molecular weight excluding hydrogens is 314 g/mol. The van der Waals surface area contributed by atoms with Crippen LogP contribution in [0, 0.1) is 6.92 Å². The SMILES string of the molecule is CCC[C@H]1[C@@H](CBr)N1S(=O)(=O)c1ccc(C)cc1. The first-order valence-electron chi connectivity index (χ1n) is 6.18. The Morgan fingerprint density at radius 3 is 2.33 bits per heavy atom. The van der Waals surface area contributed by atoms with Gasteiger partial charge >= 0.3 is 0 Å². The summed E-state index contributed by atoms with van der Waals surface area (Å²) < 4.78 is 26.6. The van der Waals surface area contributed by atoms with Gasteiger partial charge < -0.3 is 0 Å². The van der Waals surface area contributed by atoms with E-state index in [-0.39, 0.29) is 12.1 Å². The van der Waals surface area contributed by atoms with Gasteiger partial charge in [-0.2, -0.15) is 4.31 Å². The van der Waals surface area contributed by atoms with Gasteiger partial charge in [0.1, 0.15) is 0 Å². The second-order valence-electron chi connectivity index (χ2n) is 4.73. The minimum Gasteiger partial charge on any atom is -0.207 e. The van der Waals surface area contributed by atoms with Gasteiger partial charge in [-0.15, -0.1) is 0 Å². The fraction of sp³-hybridized carbons (Fsp3) is 0.538. The van der Waals surface area contributed by atoms with Crippen LogP contribution in [0.4, 0.5) is 0 Å². The predicted molar refractivity (Wildman–Crippen MR) is 76.5 cm³/mol. The Kier molecular flexibility index (Phi) is 4.14. The molecule has 0 radical (unpaired) electrons. The van der Waals surface area contributed by atoms with E-state index in [4.69, 9.17) is 0 Å². The highest BCUT2D eigenvalue weighted by molar-refractivity contribution is 9.09. The monoisotopic (exact) mass is 331 g/mol. The lowest BCUT2D eigenvalue weighted by molar-refractivity contribution is 0.542. The van der Waals surface area contributed by atoms with Crippen LogP contribution in [0.2, 0.25) is 0 Å². The highest BCUT2D eigenvalue weighted by Gasteiger charge is 2.53. The molecule has 1 aromatic carbocycles. The minimum atomic E-state index is -3.31. The van der Waals surface area contributed by atoms with Crippen LogP contribution in [0.15, 0.2) is 29.2 Å². The molecule has 5 heteroatoms. The third-order valence-electron chi connectivity index (χ3n) is 3.35. The molecule has 1 heterocycles. The van der Waals surface area contributed by atoms with Crippen molar-refractivity contribution in [2.75, 3.05) is 5.33 Å². The van der Waals surface area contributed by atoms with Gasteiger partial charge in [0.2, 0.25) is 10.0 Å². The lowest BCUT2D eigenvalue weighted by atomic mass is 10.2. The first-order chi connectivity index (χ1) is 8.52. The zero-order chi connectivity index (χ0) is 13.3. The molecule has 3 atom stereocenters.